The van der Waals surface area contributed by atoms with Crippen LogP contribution in [0.3, 0.4) is 0 Å². The van der Waals surface area contributed by atoms with Crippen LogP contribution in [0.5, 0.6) is 0 Å². The molecule has 3 aliphatic carbocycles. The molecule has 0 aromatic heterocycles. The van der Waals surface area contributed by atoms with Crippen LogP contribution in [-0.4, -0.2) is 11.2 Å². The second kappa shape index (κ2) is 4.10. The lowest BCUT2D eigenvalue weighted by atomic mass is 9.54. The topological polar surface area (TPSA) is 20.2 Å². The Labute approximate surface area is 112 Å². The van der Waals surface area contributed by atoms with Crippen LogP contribution in [0.1, 0.15) is 59.8 Å². The van der Waals surface area contributed by atoms with E-state index >= 15 is 0 Å². The summed E-state index contributed by atoms with van der Waals surface area (Å²) in [6, 6.07) is 0. The highest BCUT2D eigenvalue weighted by atomic mass is 16.3. The van der Waals surface area contributed by atoms with E-state index in [4.69, 9.17) is 0 Å². The van der Waals surface area contributed by atoms with Crippen molar-refractivity contribution in [1.82, 2.24) is 0 Å². The highest BCUT2D eigenvalue weighted by Crippen LogP contribution is 2.61. The number of aliphatic hydroxyl groups is 1. The predicted molar refractivity (Wildman–Crippen MR) is 75.2 cm³/mol. The van der Waals surface area contributed by atoms with Crippen molar-refractivity contribution in [3.8, 4) is 0 Å². The largest absolute Gasteiger partial charge is 0.393 e. The van der Waals surface area contributed by atoms with Gasteiger partial charge in [-0.05, 0) is 75.0 Å². The smallest absolute Gasteiger partial charge is 0.0599 e. The molecular weight excluding hydrogens is 220 g/mol. The maximum absolute atomic E-state index is 10.5. The first kappa shape index (κ1) is 12.7. The maximum Gasteiger partial charge on any atom is 0.0599 e. The third kappa shape index (κ3) is 1.56. The van der Waals surface area contributed by atoms with Crippen molar-refractivity contribution in [1.29, 1.82) is 0 Å². The van der Waals surface area contributed by atoms with E-state index in [1.807, 2.05) is 0 Å². The quantitative estimate of drug-likeness (QED) is 0.638. The number of fused-ring (bicyclic) bond motifs is 3. The molecule has 6 unspecified atom stereocenters. The number of hydrogen-bond donors (Lipinski definition) is 1. The van der Waals surface area contributed by atoms with Gasteiger partial charge in [0, 0.05) is 0 Å². The fourth-order valence-corrected chi connectivity index (χ4v) is 5.63. The molecule has 0 radical (unpaired) electrons. The average molecular weight is 248 g/mol. The molecule has 0 aliphatic heterocycles. The van der Waals surface area contributed by atoms with Gasteiger partial charge >= 0.3 is 0 Å². The second-order valence-corrected chi connectivity index (χ2v) is 7.57. The van der Waals surface area contributed by atoms with Crippen molar-refractivity contribution >= 4 is 0 Å². The van der Waals surface area contributed by atoms with Gasteiger partial charge in [-0.2, -0.15) is 0 Å². The Bertz CT molecular complexity index is 383. The van der Waals surface area contributed by atoms with Crippen LogP contribution in [0.4, 0.5) is 0 Å². The highest BCUT2D eigenvalue weighted by Gasteiger charge is 2.56. The van der Waals surface area contributed by atoms with Crippen molar-refractivity contribution in [2.24, 2.45) is 29.1 Å². The van der Waals surface area contributed by atoms with Crippen molar-refractivity contribution in [3.05, 3.63) is 11.1 Å². The van der Waals surface area contributed by atoms with Crippen LogP contribution in [0.15, 0.2) is 11.1 Å². The Balaban J connectivity index is 1.96. The van der Waals surface area contributed by atoms with Crippen LogP contribution < -0.4 is 0 Å². The van der Waals surface area contributed by atoms with Crippen molar-refractivity contribution in [2.45, 2.75) is 65.9 Å². The summed E-state index contributed by atoms with van der Waals surface area (Å²) in [7, 11) is 0. The third-order valence-electron chi connectivity index (χ3n) is 6.78. The first-order valence-electron chi connectivity index (χ1n) is 7.79. The molecule has 6 atom stereocenters. The van der Waals surface area contributed by atoms with E-state index in [2.05, 4.69) is 27.7 Å². The van der Waals surface area contributed by atoms with E-state index in [0.717, 1.165) is 24.2 Å². The van der Waals surface area contributed by atoms with Crippen LogP contribution in [0.2, 0.25) is 0 Å². The molecule has 0 bridgehead atoms. The van der Waals surface area contributed by atoms with Gasteiger partial charge in [-0.3, -0.25) is 0 Å². The van der Waals surface area contributed by atoms with Crippen LogP contribution in [0, 0.1) is 29.1 Å². The zero-order valence-corrected chi connectivity index (χ0v) is 12.4. The van der Waals surface area contributed by atoms with Gasteiger partial charge in [0.15, 0.2) is 0 Å². The normalized spacial score (nSPS) is 52.2. The number of rotatable bonds is 0. The van der Waals surface area contributed by atoms with Crippen molar-refractivity contribution in [2.75, 3.05) is 0 Å². The van der Waals surface area contributed by atoms with Gasteiger partial charge in [0.05, 0.1) is 6.10 Å². The molecule has 2 fully saturated rings. The number of aliphatic hydroxyl groups excluding tert-OH is 1. The molecule has 18 heavy (non-hydrogen) atoms. The van der Waals surface area contributed by atoms with Crippen LogP contribution >= 0.6 is 0 Å². The van der Waals surface area contributed by atoms with Crippen LogP contribution in [-0.2, 0) is 0 Å². The lowest BCUT2D eigenvalue weighted by molar-refractivity contribution is -0.0369. The van der Waals surface area contributed by atoms with Gasteiger partial charge in [-0.1, -0.05) is 25.0 Å². The van der Waals surface area contributed by atoms with Gasteiger partial charge in [-0.25, -0.2) is 0 Å². The van der Waals surface area contributed by atoms with E-state index in [1.54, 1.807) is 11.1 Å². The van der Waals surface area contributed by atoms with Crippen molar-refractivity contribution in [3.63, 3.8) is 0 Å². The van der Waals surface area contributed by atoms with E-state index < -0.39 is 0 Å². The fourth-order valence-electron chi connectivity index (χ4n) is 5.63. The van der Waals surface area contributed by atoms with Gasteiger partial charge in [0.1, 0.15) is 0 Å². The molecule has 3 aliphatic rings. The molecule has 0 heterocycles. The molecule has 1 nitrogen and oxygen atoms in total. The molecule has 0 amide bonds. The van der Waals surface area contributed by atoms with Gasteiger partial charge in [-0.15, -0.1) is 0 Å². The van der Waals surface area contributed by atoms with E-state index in [0.29, 0.717) is 5.92 Å². The summed E-state index contributed by atoms with van der Waals surface area (Å²) < 4.78 is 0. The average Bonchev–Trinajstić information content (AvgIpc) is 2.55. The lowest BCUT2D eigenvalue weighted by Gasteiger charge is -2.51. The van der Waals surface area contributed by atoms with Gasteiger partial charge < -0.3 is 5.11 Å². The molecule has 102 valence electrons. The number of hydrogen-bond acceptors (Lipinski definition) is 1. The molecule has 3 rings (SSSR count). The first-order chi connectivity index (χ1) is 8.45. The minimum atomic E-state index is -0.0502. The first-order valence-corrected chi connectivity index (χ1v) is 7.79. The minimum Gasteiger partial charge on any atom is -0.393 e. The summed E-state index contributed by atoms with van der Waals surface area (Å²) in [4.78, 5) is 0. The monoisotopic (exact) mass is 248 g/mol. The fraction of sp³-hybridized carbons (Fsp3) is 0.882. The summed E-state index contributed by atoms with van der Waals surface area (Å²) in [5, 5.41) is 10.5. The predicted octanol–water partition coefficient (Wildman–Crippen LogP) is 4.17. The number of allylic oxidation sites excluding steroid dienone is 2. The molecule has 2 saturated carbocycles. The molecule has 0 saturated heterocycles. The van der Waals surface area contributed by atoms with E-state index in [9.17, 15) is 5.11 Å². The van der Waals surface area contributed by atoms with E-state index in [-0.39, 0.29) is 11.5 Å². The zero-order chi connectivity index (χ0) is 13.1. The summed E-state index contributed by atoms with van der Waals surface area (Å²) in [5.41, 5.74) is 3.54. The summed E-state index contributed by atoms with van der Waals surface area (Å²) >= 11 is 0. The lowest BCUT2D eigenvalue weighted by Crippen LogP contribution is -2.45. The SMILES string of the molecule is CC1=C(C)C2CCC3(C)C(O)CC(C)C3C2CC1. The third-order valence-corrected chi connectivity index (χ3v) is 6.78. The Morgan fingerprint density at radius 3 is 2.67 bits per heavy atom. The molecule has 1 N–H and O–H groups in total. The van der Waals surface area contributed by atoms with Crippen LogP contribution in [0.25, 0.3) is 0 Å². The summed E-state index contributed by atoms with van der Waals surface area (Å²) in [6.45, 7) is 9.43. The molecule has 0 aromatic carbocycles. The molecular formula is C17H28O. The van der Waals surface area contributed by atoms with Crippen molar-refractivity contribution < 1.29 is 5.11 Å². The Morgan fingerprint density at radius 2 is 1.94 bits per heavy atom. The minimum absolute atomic E-state index is 0.0502. The Morgan fingerprint density at radius 1 is 1.22 bits per heavy atom. The standard InChI is InChI=1S/C17H28O/c1-10-5-6-14-13(12(10)3)7-8-17(4)15(18)9-11(2)16(14)17/h11,13-16,18H,5-9H2,1-4H3. The summed E-state index contributed by atoms with van der Waals surface area (Å²) in [5.74, 6) is 3.14. The summed E-state index contributed by atoms with van der Waals surface area (Å²) in [6.07, 6.45) is 6.19. The molecule has 1 heteroatoms. The molecule has 0 spiro atoms. The van der Waals surface area contributed by atoms with Gasteiger partial charge in [0.2, 0.25) is 0 Å². The zero-order valence-electron chi connectivity index (χ0n) is 12.4. The molecule has 0 aromatic rings. The maximum atomic E-state index is 10.5. The second-order valence-electron chi connectivity index (χ2n) is 7.57. The highest BCUT2D eigenvalue weighted by molar-refractivity contribution is 5.21. The Hall–Kier alpha value is -0.300. The van der Waals surface area contributed by atoms with Gasteiger partial charge in [0.25, 0.3) is 0 Å². The van der Waals surface area contributed by atoms with E-state index in [1.165, 1.54) is 25.7 Å². The Kier molecular flexibility index (Phi) is 2.89.